The van der Waals surface area contributed by atoms with Crippen LogP contribution in [-0.4, -0.2) is 73.9 Å². The fourth-order valence-corrected chi connectivity index (χ4v) is 1.35. The van der Waals surface area contributed by atoms with Crippen LogP contribution in [0.15, 0.2) is 9.98 Å². The Hall–Kier alpha value is -1.26. The van der Waals surface area contributed by atoms with Gasteiger partial charge in [-0.1, -0.05) is 0 Å². The molecule has 0 N–H and O–H groups in total. The second-order valence-corrected chi connectivity index (χ2v) is 5.43. The summed E-state index contributed by atoms with van der Waals surface area (Å²) in [6.45, 7) is 8.40. The van der Waals surface area contributed by atoms with Crippen molar-refractivity contribution in [3.05, 3.63) is 0 Å². The summed E-state index contributed by atoms with van der Waals surface area (Å²) in [6.07, 6.45) is 0. The third-order valence-electron chi connectivity index (χ3n) is 2.46. The quantitative estimate of drug-likeness (QED) is 0.555. The monoisotopic (exact) mass is 255 g/mol. The van der Waals surface area contributed by atoms with E-state index < -0.39 is 0 Å². The first-order valence-electron chi connectivity index (χ1n) is 6.40. The van der Waals surface area contributed by atoms with E-state index in [4.69, 9.17) is 0 Å². The van der Waals surface area contributed by atoms with E-state index in [1.165, 1.54) is 0 Å². The van der Waals surface area contributed by atoms with E-state index in [2.05, 4.69) is 42.6 Å². The highest BCUT2D eigenvalue weighted by Gasteiger charge is 2.13. The Bertz CT molecular complexity index is 293. The average molecular weight is 255 g/mol. The molecular weight excluding hydrogens is 226 g/mol. The molecule has 5 heteroatoms. The van der Waals surface area contributed by atoms with Gasteiger partial charge in [0.05, 0.1) is 0 Å². The maximum atomic E-state index is 4.68. The number of nitrogens with zero attached hydrogens (tertiary/aromatic N) is 5. The molecule has 0 saturated carbocycles. The van der Waals surface area contributed by atoms with E-state index in [0.29, 0.717) is 6.04 Å². The first-order chi connectivity index (χ1) is 8.16. The Kier molecular flexibility index (Phi) is 6.73. The zero-order chi connectivity index (χ0) is 14.5. The molecule has 0 aliphatic rings. The van der Waals surface area contributed by atoms with Gasteiger partial charge in [-0.25, -0.2) is 4.99 Å². The highest BCUT2D eigenvalue weighted by molar-refractivity contribution is 5.94. The van der Waals surface area contributed by atoms with E-state index in [1.807, 2.05) is 45.0 Å². The van der Waals surface area contributed by atoms with Gasteiger partial charge in [0.1, 0.15) is 0 Å². The lowest BCUT2D eigenvalue weighted by atomic mass is 10.3. The van der Waals surface area contributed by atoms with Gasteiger partial charge < -0.3 is 14.7 Å². The number of rotatable bonds is 2. The van der Waals surface area contributed by atoms with Crippen LogP contribution in [-0.2, 0) is 0 Å². The summed E-state index contributed by atoms with van der Waals surface area (Å²) in [7, 11) is 9.98. The summed E-state index contributed by atoms with van der Waals surface area (Å²) in [4.78, 5) is 15.4. The van der Waals surface area contributed by atoms with Crippen molar-refractivity contribution in [2.24, 2.45) is 9.98 Å². The molecule has 0 fully saturated rings. The van der Waals surface area contributed by atoms with Crippen molar-refractivity contribution >= 4 is 11.9 Å². The van der Waals surface area contributed by atoms with E-state index in [1.54, 1.807) is 0 Å². The van der Waals surface area contributed by atoms with Gasteiger partial charge in [-0.05, 0) is 27.7 Å². The molecule has 0 amide bonds. The van der Waals surface area contributed by atoms with E-state index in [-0.39, 0.29) is 6.04 Å². The first kappa shape index (κ1) is 16.7. The van der Waals surface area contributed by atoms with Crippen LogP contribution < -0.4 is 0 Å². The van der Waals surface area contributed by atoms with Gasteiger partial charge in [-0.15, -0.1) is 0 Å². The lowest BCUT2D eigenvalue weighted by Gasteiger charge is -2.27. The molecule has 0 rings (SSSR count). The van der Waals surface area contributed by atoms with E-state index in [0.717, 1.165) is 11.9 Å². The van der Waals surface area contributed by atoms with Gasteiger partial charge >= 0.3 is 0 Å². The Morgan fingerprint density at radius 1 is 0.833 bits per heavy atom. The summed E-state index contributed by atoms with van der Waals surface area (Å²) in [5.74, 6) is 1.67. The molecule has 0 radical (unpaired) electrons. The van der Waals surface area contributed by atoms with Crippen LogP contribution in [0.5, 0.6) is 0 Å². The third kappa shape index (κ3) is 5.38. The second-order valence-electron chi connectivity index (χ2n) is 5.43. The summed E-state index contributed by atoms with van der Waals surface area (Å²) < 4.78 is 0. The molecular formula is C13H29N5. The SMILES string of the molecule is CC(C)/N=C(\N=C(N(C)C)N(C)C)N(C)C(C)C. The van der Waals surface area contributed by atoms with Crippen LogP contribution in [0.1, 0.15) is 27.7 Å². The smallest absolute Gasteiger partial charge is 0.224 e. The predicted molar refractivity (Wildman–Crippen MR) is 80.3 cm³/mol. The Morgan fingerprint density at radius 2 is 1.28 bits per heavy atom. The lowest BCUT2D eigenvalue weighted by molar-refractivity contribution is 0.407. The van der Waals surface area contributed by atoms with Crippen molar-refractivity contribution in [1.29, 1.82) is 0 Å². The normalized spacial score (nSPS) is 11.8. The van der Waals surface area contributed by atoms with Gasteiger partial charge in [-0.2, -0.15) is 4.99 Å². The third-order valence-corrected chi connectivity index (χ3v) is 2.46. The molecule has 0 bridgehead atoms. The van der Waals surface area contributed by atoms with Gasteiger partial charge in [0.15, 0.2) is 0 Å². The zero-order valence-electron chi connectivity index (χ0n) is 13.4. The topological polar surface area (TPSA) is 34.4 Å². The van der Waals surface area contributed by atoms with Crippen LogP contribution in [0.25, 0.3) is 0 Å². The second kappa shape index (κ2) is 7.24. The molecule has 0 aromatic carbocycles. The van der Waals surface area contributed by atoms with Gasteiger partial charge in [0.25, 0.3) is 0 Å². The van der Waals surface area contributed by atoms with Crippen LogP contribution in [0.4, 0.5) is 0 Å². The molecule has 0 aromatic rings. The first-order valence-corrected chi connectivity index (χ1v) is 6.40. The average Bonchev–Trinajstić information content (AvgIpc) is 2.21. The molecule has 0 aliphatic heterocycles. The van der Waals surface area contributed by atoms with Crippen LogP contribution in [0.2, 0.25) is 0 Å². The molecule has 18 heavy (non-hydrogen) atoms. The number of aliphatic imine (C=N–C) groups is 2. The predicted octanol–water partition coefficient (Wildman–Crippen LogP) is 1.57. The molecule has 0 atom stereocenters. The van der Waals surface area contributed by atoms with Gasteiger partial charge in [-0.3, -0.25) is 0 Å². The molecule has 0 saturated heterocycles. The Labute approximate surface area is 112 Å². The minimum atomic E-state index is 0.232. The van der Waals surface area contributed by atoms with Crippen LogP contribution in [0, 0.1) is 0 Å². The maximum absolute atomic E-state index is 4.68. The fraction of sp³-hybridized carbons (Fsp3) is 0.846. The van der Waals surface area contributed by atoms with Crippen molar-refractivity contribution in [3.63, 3.8) is 0 Å². The number of hydrogen-bond donors (Lipinski definition) is 0. The van der Waals surface area contributed by atoms with Crippen molar-refractivity contribution in [2.75, 3.05) is 35.2 Å². The number of hydrogen-bond acceptors (Lipinski definition) is 1. The molecule has 0 aliphatic carbocycles. The summed E-state index contributed by atoms with van der Waals surface area (Å²) in [6, 6.07) is 0.604. The molecule has 0 unspecified atom stereocenters. The summed E-state index contributed by atoms with van der Waals surface area (Å²) in [5, 5.41) is 0. The molecule has 0 heterocycles. The van der Waals surface area contributed by atoms with Crippen LogP contribution in [0.3, 0.4) is 0 Å². The minimum Gasteiger partial charge on any atom is -0.349 e. The molecule has 106 valence electrons. The van der Waals surface area contributed by atoms with Crippen molar-refractivity contribution in [1.82, 2.24) is 14.7 Å². The lowest BCUT2D eigenvalue weighted by Crippen LogP contribution is -2.39. The minimum absolute atomic E-state index is 0.232. The zero-order valence-corrected chi connectivity index (χ0v) is 13.4. The van der Waals surface area contributed by atoms with Gasteiger partial charge in [0, 0.05) is 47.3 Å². The van der Waals surface area contributed by atoms with E-state index >= 15 is 0 Å². The number of guanidine groups is 2. The largest absolute Gasteiger partial charge is 0.349 e. The Balaban J connectivity index is 5.40. The summed E-state index contributed by atoms with van der Waals surface area (Å²) in [5.41, 5.74) is 0. The highest BCUT2D eigenvalue weighted by Crippen LogP contribution is 2.03. The van der Waals surface area contributed by atoms with Crippen molar-refractivity contribution in [3.8, 4) is 0 Å². The molecule has 0 aromatic heterocycles. The van der Waals surface area contributed by atoms with Gasteiger partial charge in [0.2, 0.25) is 11.9 Å². The fourth-order valence-electron chi connectivity index (χ4n) is 1.35. The molecule has 0 spiro atoms. The summed E-state index contributed by atoms with van der Waals surface area (Å²) >= 11 is 0. The highest BCUT2D eigenvalue weighted by atomic mass is 15.4. The Morgan fingerprint density at radius 3 is 1.56 bits per heavy atom. The van der Waals surface area contributed by atoms with Crippen LogP contribution >= 0.6 is 0 Å². The molecule has 5 nitrogen and oxygen atoms in total. The van der Waals surface area contributed by atoms with E-state index in [9.17, 15) is 0 Å². The van der Waals surface area contributed by atoms with Crippen molar-refractivity contribution in [2.45, 2.75) is 39.8 Å². The maximum Gasteiger partial charge on any atom is 0.224 e. The standard InChI is InChI=1S/C13H29N5/c1-10(2)14-12(18(9)11(3)4)15-13(16(5)6)17(7)8/h10-11H,1-9H3/b14-12+. The van der Waals surface area contributed by atoms with Crippen molar-refractivity contribution < 1.29 is 0 Å².